The fourth-order valence-corrected chi connectivity index (χ4v) is 4.15. The van der Waals surface area contributed by atoms with Crippen LogP contribution in [-0.2, 0) is 19.5 Å². The summed E-state index contributed by atoms with van der Waals surface area (Å²) in [5, 5.41) is 0. The molecule has 2 rings (SSSR count). The zero-order chi connectivity index (χ0) is 22.1. The molecule has 0 N–H and O–H groups in total. The molecule has 0 amide bonds. The molecule has 0 unspecified atom stereocenters. The Morgan fingerprint density at radius 1 is 0.867 bits per heavy atom. The molecular weight excluding hydrogens is 366 g/mol. The summed E-state index contributed by atoms with van der Waals surface area (Å²) in [5.41, 5.74) is 4.67. The Bertz CT molecular complexity index is 807. The number of rotatable bonds is 11. The number of likely N-dealkylation sites (N-methyl/N-ethyl adjacent to an activating group) is 1. The first-order valence-corrected chi connectivity index (χ1v) is 11.2. The summed E-state index contributed by atoms with van der Waals surface area (Å²) in [6, 6.07) is 17.6. The van der Waals surface area contributed by atoms with E-state index in [0.717, 1.165) is 43.7 Å². The highest BCUT2D eigenvalue weighted by Gasteiger charge is 2.22. The second kappa shape index (κ2) is 11.9. The van der Waals surface area contributed by atoms with Gasteiger partial charge in [0.2, 0.25) is 0 Å². The van der Waals surface area contributed by atoms with E-state index in [-0.39, 0.29) is 0 Å². The maximum atomic E-state index is 7.57. The molecule has 0 bridgehead atoms. The maximum Gasteiger partial charge on any atom is 0.191 e. The van der Waals surface area contributed by atoms with E-state index >= 15 is 0 Å². The molecule has 3 nitrogen and oxygen atoms in total. The van der Waals surface area contributed by atoms with E-state index in [2.05, 4.69) is 92.8 Å². The molecule has 2 aromatic carbocycles. The van der Waals surface area contributed by atoms with Gasteiger partial charge in [-0.3, -0.25) is 4.90 Å². The molecule has 0 aromatic heterocycles. The number of nitrogens with zero attached hydrogens (tertiary/aromatic N) is 3. The average Bonchev–Trinajstić information content (AvgIpc) is 2.66. The van der Waals surface area contributed by atoms with E-state index in [0.29, 0.717) is 17.9 Å². The van der Waals surface area contributed by atoms with Crippen molar-refractivity contribution in [3.05, 3.63) is 76.6 Å². The zero-order valence-corrected chi connectivity index (χ0v) is 19.7. The molecule has 0 spiro atoms. The molecule has 2 aromatic rings. The molecule has 0 aliphatic heterocycles. The second-order valence-electron chi connectivity index (χ2n) is 9.61. The molecule has 3 heteroatoms. The summed E-state index contributed by atoms with van der Waals surface area (Å²) in [6.45, 7) is 19.5. The molecule has 0 aliphatic rings. The lowest BCUT2D eigenvalue weighted by molar-refractivity contribution is 0.127. The lowest BCUT2D eigenvalue weighted by Gasteiger charge is -2.35. The first-order valence-electron chi connectivity index (χ1n) is 11.2. The Morgan fingerprint density at radius 2 is 1.57 bits per heavy atom. The van der Waals surface area contributed by atoms with Crippen molar-refractivity contribution in [2.24, 2.45) is 11.8 Å². The van der Waals surface area contributed by atoms with Gasteiger partial charge in [0.05, 0.1) is 6.57 Å². The Labute approximate surface area is 184 Å². The van der Waals surface area contributed by atoms with Crippen LogP contribution in [0, 0.1) is 18.4 Å². The van der Waals surface area contributed by atoms with Crippen molar-refractivity contribution < 1.29 is 0 Å². The van der Waals surface area contributed by atoms with Crippen LogP contribution in [0.25, 0.3) is 4.85 Å². The van der Waals surface area contributed by atoms with Gasteiger partial charge in [-0.2, -0.15) is 0 Å². The second-order valence-corrected chi connectivity index (χ2v) is 9.61. The van der Waals surface area contributed by atoms with E-state index in [1.807, 2.05) is 12.1 Å². The maximum absolute atomic E-state index is 7.57. The third kappa shape index (κ3) is 7.94. The van der Waals surface area contributed by atoms with Gasteiger partial charge in [-0.05, 0) is 55.5 Å². The highest BCUT2D eigenvalue weighted by atomic mass is 15.2. The highest BCUT2D eigenvalue weighted by molar-refractivity contribution is 5.51. The summed E-state index contributed by atoms with van der Waals surface area (Å²) in [4.78, 5) is 8.64. The van der Waals surface area contributed by atoms with Crippen LogP contribution >= 0.6 is 0 Å². The molecule has 0 saturated carbocycles. The summed E-state index contributed by atoms with van der Waals surface area (Å²) in [5.74, 6) is 1.28. The number of benzene rings is 2. The van der Waals surface area contributed by atoms with E-state index in [4.69, 9.17) is 6.57 Å². The molecule has 0 fully saturated rings. The quantitative estimate of drug-likeness (QED) is 0.400. The van der Waals surface area contributed by atoms with Gasteiger partial charge in [-0.15, -0.1) is 0 Å². The van der Waals surface area contributed by atoms with Gasteiger partial charge in [-0.25, -0.2) is 4.85 Å². The summed E-state index contributed by atoms with van der Waals surface area (Å²) < 4.78 is 0. The van der Waals surface area contributed by atoms with Crippen LogP contribution in [0.5, 0.6) is 0 Å². The van der Waals surface area contributed by atoms with Gasteiger partial charge in [0.1, 0.15) is 0 Å². The SMILES string of the molecule is [C-]#[N+]c1ccccc1CN(Cc1cccc(CC(C)C)c1)[C@@H](CC(C)C)CN(C)C. The largest absolute Gasteiger partial charge is 0.308 e. The lowest BCUT2D eigenvalue weighted by atomic mass is 9.98. The van der Waals surface area contributed by atoms with Gasteiger partial charge in [0.15, 0.2) is 5.69 Å². The fourth-order valence-electron chi connectivity index (χ4n) is 4.15. The van der Waals surface area contributed by atoms with Crippen molar-refractivity contribution in [1.29, 1.82) is 0 Å². The van der Waals surface area contributed by atoms with Crippen molar-refractivity contribution in [2.75, 3.05) is 20.6 Å². The van der Waals surface area contributed by atoms with Gasteiger partial charge in [-0.1, -0.05) is 76.2 Å². The van der Waals surface area contributed by atoms with Crippen LogP contribution in [-0.4, -0.2) is 36.5 Å². The zero-order valence-electron chi connectivity index (χ0n) is 19.7. The van der Waals surface area contributed by atoms with Gasteiger partial charge in [0, 0.05) is 25.7 Å². The van der Waals surface area contributed by atoms with Crippen LogP contribution < -0.4 is 0 Å². The number of hydrogen-bond donors (Lipinski definition) is 0. The van der Waals surface area contributed by atoms with Crippen molar-refractivity contribution in [2.45, 2.75) is 59.7 Å². The molecule has 0 saturated heterocycles. The van der Waals surface area contributed by atoms with E-state index < -0.39 is 0 Å². The first kappa shape index (κ1) is 24.1. The van der Waals surface area contributed by atoms with Gasteiger partial charge < -0.3 is 4.90 Å². The normalized spacial score (nSPS) is 12.7. The smallest absolute Gasteiger partial charge is 0.191 e. The van der Waals surface area contributed by atoms with Crippen LogP contribution in [0.2, 0.25) is 0 Å². The minimum Gasteiger partial charge on any atom is -0.308 e. The van der Waals surface area contributed by atoms with E-state index in [1.54, 1.807) is 0 Å². The highest BCUT2D eigenvalue weighted by Crippen LogP contribution is 2.25. The molecule has 1 atom stereocenters. The van der Waals surface area contributed by atoms with Crippen molar-refractivity contribution in [1.82, 2.24) is 9.80 Å². The van der Waals surface area contributed by atoms with Crippen molar-refractivity contribution in [3.8, 4) is 0 Å². The Kier molecular flexibility index (Phi) is 9.56. The number of hydrogen-bond acceptors (Lipinski definition) is 2. The van der Waals surface area contributed by atoms with Crippen LogP contribution in [0.1, 0.15) is 50.8 Å². The molecular formula is C27H39N3. The Hall–Kier alpha value is -2.15. The van der Waals surface area contributed by atoms with Crippen LogP contribution in [0.15, 0.2) is 48.5 Å². The van der Waals surface area contributed by atoms with Crippen molar-refractivity contribution >= 4 is 5.69 Å². The monoisotopic (exact) mass is 405 g/mol. The fraction of sp³-hybridized carbons (Fsp3) is 0.519. The minimum absolute atomic E-state index is 0.438. The van der Waals surface area contributed by atoms with Crippen molar-refractivity contribution in [3.63, 3.8) is 0 Å². The third-order valence-corrected chi connectivity index (χ3v) is 5.34. The predicted molar refractivity (Wildman–Crippen MR) is 129 cm³/mol. The number of para-hydroxylation sites is 1. The summed E-state index contributed by atoms with van der Waals surface area (Å²) in [6.07, 6.45) is 2.26. The van der Waals surface area contributed by atoms with Gasteiger partial charge >= 0.3 is 0 Å². The topological polar surface area (TPSA) is 10.8 Å². The Morgan fingerprint density at radius 3 is 2.20 bits per heavy atom. The Balaban J connectivity index is 2.35. The summed E-state index contributed by atoms with van der Waals surface area (Å²) >= 11 is 0. The van der Waals surface area contributed by atoms with E-state index in [9.17, 15) is 0 Å². The summed E-state index contributed by atoms with van der Waals surface area (Å²) in [7, 11) is 4.31. The molecule has 0 aliphatic carbocycles. The molecule has 0 radical (unpaired) electrons. The molecule has 162 valence electrons. The van der Waals surface area contributed by atoms with Gasteiger partial charge in [0.25, 0.3) is 0 Å². The predicted octanol–water partition coefficient (Wildman–Crippen LogP) is 6.41. The van der Waals surface area contributed by atoms with E-state index in [1.165, 1.54) is 11.1 Å². The van der Waals surface area contributed by atoms with Crippen LogP contribution in [0.3, 0.4) is 0 Å². The molecule has 30 heavy (non-hydrogen) atoms. The third-order valence-electron chi connectivity index (χ3n) is 5.34. The average molecular weight is 406 g/mol. The minimum atomic E-state index is 0.438. The van der Waals surface area contributed by atoms with Crippen LogP contribution in [0.4, 0.5) is 5.69 Å². The standard InChI is InChI=1S/C27H39N3/c1-21(2)15-23-11-10-12-24(17-23)18-30(26(16-22(3)4)20-29(6)7)19-25-13-8-9-14-27(25)28-5/h8-14,17,21-22,26H,15-16,18-20H2,1-4,6-7H3/t26-/m0/s1. The lowest BCUT2D eigenvalue weighted by Crippen LogP contribution is -2.42. The first-order chi connectivity index (χ1) is 14.3. The molecule has 0 heterocycles.